The quantitative estimate of drug-likeness (QED) is 0.727. The zero-order chi connectivity index (χ0) is 11.5. The van der Waals surface area contributed by atoms with Gasteiger partial charge in [-0.2, -0.15) is 0 Å². The molecule has 2 unspecified atom stereocenters. The summed E-state index contributed by atoms with van der Waals surface area (Å²) < 4.78 is 5.62. The van der Waals surface area contributed by atoms with Crippen LogP contribution in [0.2, 0.25) is 0 Å². The molecule has 0 aliphatic carbocycles. The number of nitrogens with two attached hydrogens (primary N) is 1. The molecule has 1 heterocycles. The van der Waals surface area contributed by atoms with Crippen LogP contribution in [0.5, 0.6) is 0 Å². The summed E-state index contributed by atoms with van der Waals surface area (Å²) in [5.74, 6) is -0.262. The summed E-state index contributed by atoms with van der Waals surface area (Å²) in [6.07, 6.45) is 2.62. The summed E-state index contributed by atoms with van der Waals surface area (Å²) >= 11 is 0. The van der Waals surface area contributed by atoms with Gasteiger partial charge in [-0.15, -0.1) is 0 Å². The lowest BCUT2D eigenvalue weighted by Crippen LogP contribution is -2.51. The van der Waals surface area contributed by atoms with Crippen LogP contribution in [-0.2, 0) is 9.53 Å². The van der Waals surface area contributed by atoms with E-state index in [1.54, 1.807) is 0 Å². The van der Waals surface area contributed by atoms with Gasteiger partial charge in [0.05, 0.1) is 11.6 Å². The number of ether oxygens (including phenoxy) is 1. The van der Waals surface area contributed by atoms with Crippen molar-refractivity contribution in [3.8, 4) is 0 Å². The fraction of sp³-hybridized carbons (Fsp3) is 0.909. The lowest BCUT2D eigenvalue weighted by Gasteiger charge is -2.37. The summed E-state index contributed by atoms with van der Waals surface area (Å²) in [5, 5.41) is 3.31. The largest absolute Gasteiger partial charge is 0.375 e. The first-order chi connectivity index (χ1) is 6.94. The van der Waals surface area contributed by atoms with Gasteiger partial charge >= 0.3 is 0 Å². The van der Waals surface area contributed by atoms with Crippen LogP contribution in [0.1, 0.15) is 40.0 Å². The Bertz CT molecular complexity index is 229. The maximum atomic E-state index is 11.1. The standard InChI is InChI=1S/C11H22N2O2/c1-4-9(10(12)14)13-8-5-6-15-11(2,3)7-8/h8-9,13H,4-7H2,1-3H3,(H2,12,14). The molecule has 1 fully saturated rings. The summed E-state index contributed by atoms with van der Waals surface area (Å²) in [4.78, 5) is 11.1. The highest BCUT2D eigenvalue weighted by molar-refractivity contribution is 5.79. The Morgan fingerprint density at radius 3 is 2.80 bits per heavy atom. The van der Waals surface area contributed by atoms with E-state index in [9.17, 15) is 4.79 Å². The second-order valence-electron chi connectivity index (χ2n) is 4.83. The minimum absolute atomic E-state index is 0.0914. The van der Waals surface area contributed by atoms with E-state index in [4.69, 9.17) is 10.5 Å². The highest BCUT2D eigenvalue weighted by Crippen LogP contribution is 2.24. The molecule has 88 valence electrons. The zero-order valence-electron chi connectivity index (χ0n) is 9.88. The lowest BCUT2D eigenvalue weighted by atomic mass is 9.93. The van der Waals surface area contributed by atoms with Gasteiger partial charge in [-0.05, 0) is 33.1 Å². The monoisotopic (exact) mass is 214 g/mol. The lowest BCUT2D eigenvalue weighted by molar-refractivity contribution is -0.121. The molecule has 15 heavy (non-hydrogen) atoms. The molecule has 4 heteroatoms. The van der Waals surface area contributed by atoms with Crippen molar-refractivity contribution in [2.24, 2.45) is 5.73 Å². The summed E-state index contributed by atoms with van der Waals surface area (Å²) in [7, 11) is 0. The van der Waals surface area contributed by atoms with E-state index in [1.165, 1.54) is 0 Å². The molecule has 0 spiro atoms. The van der Waals surface area contributed by atoms with Crippen molar-refractivity contribution >= 4 is 5.91 Å². The number of carbonyl (C=O) groups excluding carboxylic acids is 1. The molecule has 1 aliphatic rings. The van der Waals surface area contributed by atoms with Crippen molar-refractivity contribution in [3.63, 3.8) is 0 Å². The van der Waals surface area contributed by atoms with E-state index in [1.807, 2.05) is 6.92 Å². The van der Waals surface area contributed by atoms with E-state index in [0.29, 0.717) is 6.04 Å². The van der Waals surface area contributed by atoms with Crippen LogP contribution in [-0.4, -0.2) is 30.2 Å². The normalized spacial score (nSPS) is 27.3. The van der Waals surface area contributed by atoms with E-state index in [0.717, 1.165) is 25.9 Å². The molecule has 1 amide bonds. The summed E-state index contributed by atoms with van der Waals surface area (Å²) in [5.41, 5.74) is 5.21. The van der Waals surface area contributed by atoms with Crippen LogP contribution in [0.3, 0.4) is 0 Å². The number of nitrogens with one attached hydrogen (secondary N) is 1. The van der Waals surface area contributed by atoms with Crippen LogP contribution in [0.25, 0.3) is 0 Å². The molecular formula is C11H22N2O2. The molecule has 0 saturated carbocycles. The first kappa shape index (κ1) is 12.5. The van der Waals surface area contributed by atoms with Gasteiger partial charge < -0.3 is 15.8 Å². The SMILES string of the molecule is CCC(NC1CCOC(C)(C)C1)C(N)=O. The van der Waals surface area contributed by atoms with Gasteiger partial charge in [0, 0.05) is 12.6 Å². The molecule has 1 rings (SSSR count). The number of hydrogen-bond acceptors (Lipinski definition) is 3. The molecule has 1 saturated heterocycles. The topological polar surface area (TPSA) is 64.3 Å². The second kappa shape index (κ2) is 4.94. The van der Waals surface area contributed by atoms with E-state index < -0.39 is 0 Å². The van der Waals surface area contributed by atoms with Crippen LogP contribution >= 0.6 is 0 Å². The first-order valence-electron chi connectivity index (χ1n) is 5.64. The maximum Gasteiger partial charge on any atom is 0.234 e. The third-order valence-electron chi connectivity index (χ3n) is 2.89. The number of rotatable bonds is 4. The molecule has 2 atom stereocenters. The number of hydrogen-bond donors (Lipinski definition) is 2. The van der Waals surface area contributed by atoms with Crippen molar-refractivity contribution in [1.29, 1.82) is 0 Å². The van der Waals surface area contributed by atoms with Crippen LogP contribution in [0.15, 0.2) is 0 Å². The molecule has 0 aromatic heterocycles. The van der Waals surface area contributed by atoms with Gasteiger partial charge in [0.1, 0.15) is 0 Å². The highest BCUT2D eigenvalue weighted by atomic mass is 16.5. The van der Waals surface area contributed by atoms with E-state index in [2.05, 4.69) is 19.2 Å². The summed E-state index contributed by atoms with van der Waals surface area (Å²) in [6.45, 7) is 6.87. The van der Waals surface area contributed by atoms with Crippen molar-refractivity contribution in [3.05, 3.63) is 0 Å². The van der Waals surface area contributed by atoms with Gasteiger partial charge in [0.2, 0.25) is 5.91 Å². The van der Waals surface area contributed by atoms with Crippen LogP contribution in [0.4, 0.5) is 0 Å². The molecule has 0 aromatic carbocycles. The Morgan fingerprint density at radius 2 is 2.33 bits per heavy atom. The Morgan fingerprint density at radius 1 is 1.67 bits per heavy atom. The average molecular weight is 214 g/mol. The first-order valence-corrected chi connectivity index (χ1v) is 5.64. The Kier molecular flexibility index (Phi) is 4.11. The fourth-order valence-electron chi connectivity index (χ4n) is 2.06. The minimum Gasteiger partial charge on any atom is -0.375 e. The molecule has 1 aliphatic heterocycles. The maximum absolute atomic E-state index is 11.1. The van der Waals surface area contributed by atoms with E-state index in [-0.39, 0.29) is 17.6 Å². The molecular weight excluding hydrogens is 192 g/mol. The molecule has 0 bridgehead atoms. The van der Waals surface area contributed by atoms with Crippen molar-refractivity contribution in [2.45, 2.75) is 57.7 Å². The second-order valence-corrected chi connectivity index (χ2v) is 4.83. The van der Waals surface area contributed by atoms with Gasteiger partial charge in [0.25, 0.3) is 0 Å². The van der Waals surface area contributed by atoms with E-state index >= 15 is 0 Å². The third-order valence-corrected chi connectivity index (χ3v) is 2.89. The van der Waals surface area contributed by atoms with Gasteiger partial charge in [-0.3, -0.25) is 4.79 Å². The van der Waals surface area contributed by atoms with Crippen molar-refractivity contribution in [2.75, 3.05) is 6.61 Å². The van der Waals surface area contributed by atoms with Crippen LogP contribution in [0, 0.1) is 0 Å². The van der Waals surface area contributed by atoms with Crippen molar-refractivity contribution in [1.82, 2.24) is 5.32 Å². The molecule has 4 nitrogen and oxygen atoms in total. The predicted molar refractivity (Wildman–Crippen MR) is 59.5 cm³/mol. The Hall–Kier alpha value is -0.610. The van der Waals surface area contributed by atoms with Gasteiger partial charge in [-0.1, -0.05) is 6.92 Å². The number of primary amides is 1. The van der Waals surface area contributed by atoms with Crippen molar-refractivity contribution < 1.29 is 9.53 Å². The predicted octanol–water partition coefficient (Wildman–Crippen LogP) is 0.797. The number of amides is 1. The Balaban J connectivity index is 2.47. The van der Waals surface area contributed by atoms with Gasteiger partial charge in [0.15, 0.2) is 0 Å². The number of carbonyl (C=O) groups is 1. The smallest absolute Gasteiger partial charge is 0.234 e. The third kappa shape index (κ3) is 3.80. The average Bonchev–Trinajstić information content (AvgIpc) is 2.12. The molecule has 3 N–H and O–H groups in total. The fourth-order valence-corrected chi connectivity index (χ4v) is 2.06. The Labute approximate surface area is 91.5 Å². The summed E-state index contributed by atoms with van der Waals surface area (Å²) in [6, 6.07) is 0.134. The van der Waals surface area contributed by atoms with Crippen LogP contribution < -0.4 is 11.1 Å². The molecule has 0 radical (unpaired) electrons. The zero-order valence-corrected chi connectivity index (χ0v) is 9.88. The highest BCUT2D eigenvalue weighted by Gasteiger charge is 2.30. The minimum atomic E-state index is -0.262. The molecule has 0 aromatic rings. The van der Waals surface area contributed by atoms with Gasteiger partial charge in [-0.25, -0.2) is 0 Å².